The molecule has 1 amide bonds. The van der Waals surface area contributed by atoms with Gasteiger partial charge in [-0.15, -0.1) is 0 Å². The van der Waals surface area contributed by atoms with Crippen LogP contribution in [0.25, 0.3) is 0 Å². The van der Waals surface area contributed by atoms with E-state index in [1.165, 1.54) is 18.2 Å². The molecule has 0 radical (unpaired) electrons. The highest BCUT2D eigenvalue weighted by molar-refractivity contribution is 5.76. The SMILES string of the molecule is O=C(CCNc1ccccc1C(F)(F)F)NCCc1ccccc1. The molecule has 2 aromatic rings. The summed E-state index contributed by atoms with van der Waals surface area (Å²) in [4.78, 5) is 11.7. The van der Waals surface area contributed by atoms with E-state index in [0.29, 0.717) is 6.54 Å². The number of alkyl halides is 3. The summed E-state index contributed by atoms with van der Waals surface area (Å²) in [5.74, 6) is -0.192. The van der Waals surface area contributed by atoms with Crippen LogP contribution in [0.15, 0.2) is 54.6 Å². The minimum atomic E-state index is -4.42. The van der Waals surface area contributed by atoms with E-state index in [-0.39, 0.29) is 24.6 Å². The molecule has 0 unspecified atom stereocenters. The lowest BCUT2D eigenvalue weighted by molar-refractivity contribution is -0.137. The molecule has 2 aromatic carbocycles. The number of nitrogens with one attached hydrogen (secondary N) is 2. The van der Waals surface area contributed by atoms with Gasteiger partial charge in [0.1, 0.15) is 0 Å². The molecule has 0 aromatic heterocycles. The third kappa shape index (κ3) is 5.61. The summed E-state index contributed by atoms with van der Waals surface area (Å²) < 4.78 is 38.5. The molecule has 2 rings (SSSR count). The Morgan fingerprint density at radius 3 is 2.29 bits per heavy atom. The molecule has 6 heteroatoms. The molecule has 3 nitrogen and oxygen atoms in total. The fourth-order valence-electron chi connectivity index (χ4n) is 2.27. The van der Waals surface area contributed by atoms with Crippen LogP contribution in [0.1, 0.15) is 17.5 Å². The number of hydrogen-bond acceptors (Lipinski definition) is 2. The number of benzene rings is 2. The Kier molecular flexibility index (Phi) is 6.23. The number of halogens is 3. The van der Waals surface area contributed by atoms with Gasteiger partial charge in [0.05, 0.1) is 5.56 Å². The molecule has 0 fully saturated rings. The highest BCUT2D eigenvalue weighted by Gasteiger charge is 2.32. The van der Waals surface area contributed by atoms with E-state index in [4.69, 9.17) is 0 Å². The van der Waals surface area contributed by atoms with Crippen LogP contribution in [0, 0.1) is 0 Å². The zero-order chi connectivity index (χ0) is 17.4. The van der Waals surface area contributed by atoms with E-state index < -0.39 is 11.7 Å². The van der Waals surface area contributed by atoms with Crippen molar-refractivity contribution < 1.29 is 18.0 Å². The number of amides is 1. The lowest BCUT2D eigenvalue weighted by Gasteiger charge is -2.14. The first-order chi connectivity index (χ1) is 11.5. The Labute approximate surface area is 138 Å². The molecule has 0 heterocycles. The van der Waals surface area contributed by atoms with Gasteiger partial charge in [0.25, 0.3) is 0 Å². The van der Waals surface area contributed by atoms with Gasteiger partial charge in [-0.1, -0.05) is 42.5 Å². The number of para-hydroxylation sites is 1. The third-order valence-corrected chi connectivity index (χ3v) is 3.48. The number of carbonyl (C=O) groups excluding carboxylic acids is 1. The van der Waals surface area contributed by atoms with E-state index in [9.17, 15) is 18.0 Å². The Bertz CT molecular complexity index is 657. The molecule has 0 bridgehead atoms. The van der Waals surface area contributed by atoms with Crippen molar-refractivity contribution in [2.45, 2.75) is 19.0 Å². The topological polar surface area (TPSA) is 41.1 Å². The third-order valence-electron chi connectivity index (χ3n) is 3.48. The van der Waals surface area contributed by atoms with Crippen LogP contribution in [0.5, 0.6) is 0 Å². The largest absolute Gasteiger partial charge is 0.418 e. The molecule has 0 saturated heterocycles. The fraction of sp³-hybridized carbons (Fsp3) is 0.278. The maximum Gasteiger partial charge on any atom is 0.418 e. The normalized spacial score (nSPS) is 11.1. The van der Waals surface area contributed by atoms with Crippen molar-refractivity contribution >= 4 is 11.6 Å². The monoisotopic (exact) mass is 336 g/mol. The van der Waals surface area contributed by atoms with Crippen molar-refractivity contribution in [1.29, 1.82) is 0 Å². The summed E-state index contributed by atoms with van der Waals surface area (Å²) in [5, 5.41) is 5.44. The molecular formula is C18H19F3N2O. The summed E-state index contributed by atoms with van der Waals surface area (Å²) >= 11 is 0. The second-order valence-electron chi connectivity index (χ2n) is 5.31. The van der Waals surface area contributed by atoms with Gasteiger partial charge in [0.15, 0.2) is 0 Å². The van der Waals surface area contributed by atoms with Crippen molar-refractivity contribution in [3.05, 3.63) is 65.7 Å². The molecule has 0 aliphatic carbocycles. The van der Waals surface area contributed by atoms with Gasteiger partial charge in [0, 0.05) is 25.2 Å². The van der Waals surface area contributed by atoms with Crippen LogP contribution in [-0.4, -0.2) is 19.0 Å². The van der Waals surface area contributed by atoms with Crippen LogP contribution < -0.4 is 10.6 Å². The number of anilines is 1. The van der Waals surface area contributed by atoms with Gasteiger partial charge in [-0.2, -0.15) is 13.2 Å². The number of carbonyl (C=O) groups is 1. The second kappa shape index (κ2) is 8.38. The average molecular weight is 336 g/mol. The van der Waals surface area contributed by atoms with Crippen LogP contribution in [0.4, 0.5) is 18.9 Å². The number of rotatable bonds is 7. The second-order valence-corrected chi connectivity index (χ2v) is 5.31. The quantitative estimate of drug-likeness (QED) is 0.806. The Morgan fingerprint density at radius 1 is 0.917 bits per heavy atom. The van der Waals surface area contributed by atoms with Gasteiger partial charge in [-0.25, -0.2) is 0 Å². The highest BCUT2D eigenvalue weighted by atomic mass is 19.4. The summed E-state index contributed by atoms with van der Waals surface area (Å²) in [6.07, 6.45) is -3.58. The summed E-state index contributed by atoms with van der Waals surface area (Å²) in [5.41, 5.74) is 0.381. The van der Waals surface area contributed by atoms with Gasteiger partial charge < -0.3 is 10.6 Å². The maximum absolute atomic E-state index is 12.8. The average Bonchev–Trinajstić information content (AvgIpc) is 2.55. The molecule has 0 atom stereocenters. The molecule has 2 N–H and O–H groups in total. The van der Waals surface area contributed by atoms with Crippen molar-refractivity contribution in [3.63, 3.8) is 0 Å². The van der Waals surface area contributed by atoms with Gasteiger partial charge >= 0.3 is 6.18 Å². The van der Waals surface area contributed by atoms with Crippen molar-refractivity contribution in [2.24, 2.45) is 0 Å². The number of hydrogen-bond donors (Lipinski definition) is 2. The lowest BCUT2D eigenvalue weighted by Crippen LogP contribution is -2.27. The summed E-state index contributed by atoms with van der Waals surface area (Å²) in [7, 11) is 0. The summed E-state index contributed by atoms with van der Waals surface area (Å²) in [6.45, 7) is 0.645. The van der Waals surface area contributed by atoms with E-state index in [1.807, 2.05) is 30.3 Å². The minimum absolute atomic E-state index is 0.0120. The molecule has 0 spiro atoms. The molecular weight excluding hydrogens is 317 g/mol. The van der Waals surface area contributed by atoms with Gasteiger partial charge in [-0.05, 0) is 24.1 Å². The van der Waals surface area contributed by atoms with Crippen LogP contribution >= 0.6 is 0 Å². The molecule has 0 aliphatic heterocycles. The van der Waals surface area contributed by atoms with Crippen LogP contribution in [0.2, 0.25) is 0 Å². The van der Waals surface area contributed by atoms with Crippen molar-refractivity contribution in [3.8, 4) is 0 Å². The van der Waals surface area contributed by atoms with E-state index in [0.717, 1.165) is 18.1 Å². The smallest absolute Gasteiger partial charge is 0.384 e. The zero-order valence-electron chi connectivity index (χ0n) is 13.1. The predicted octanol–water partition coefficient (Wildman–Crippen LogP) is 3.87. The predicted molar refractivity (Wildman–Crippen MR) is 87.7 cm³/mol. The first-order valence-electron chi connectivity index (χ1n) is 7.67. The van der Waals surface area contributed by atoms with Crippen molar-refractivity contribution in [2.75, 3.05) is 18.4 Å². The zero-order valence-corrected chi connectivity index (χ0v) is 13.1. The van der Waals surface area contributed by atoms with E-state index in [1.54, 1.807) is 0 Å². The van der Waals surface area contributed by atoms with Crippen LogP contribution in [0.3, 0.4) is 0 Å². The maximum atomic E-state index is 12.8. The van der Waals surface area contributed by atoms with E-state index in [2.05, 4.69) is 10.6 Å². The first kappa shape index (κ1) is 17.8. The fourth-order valence-corrected chi connectivity index (χ4v) is 2.27. The highest BCUT2D eigenvalue weighted by Crippen LogP contribution is 2.34. The Balaban J connectivity index is 1.73. The van der Waals surface area contributed by atoms with Crippen LogP contribution in [-0.2, 0) is 17.4 Å². The lowest BCUT2D eigenvalue weighted by atomic mass is 10.1. The molecule has 24 heavy (non-hydrogen) atoms. The minimum Gasteiger partial charge on any atom is -0.384 e. The Hall–Kier alpha value is -2.50. The molecule has 0 saturated carbocycles. The van der Waals surface area contributed by atoms with E-state index >= 15 is 0 Å². The summed E-state index contributed by atoms with van der Waals surface area (Å²) in [6, 6.07) is 15.0. The Morgan fingerprint density at radius 2 is 1.58 bits per heavy atom. The first-order valence-corrected chi connectivity index (χ1v) is 7.67. The van der Waals surface area contributed by atoms with Gasteiger partial charge in [0.2, 0.25) is 5.91 Å². The van der Waals surface area contributed by atoms with Crippen molar-refractivity contribution in [1.82, 2.24) is 5.32 Å². The van der Waals surface area contributed by atoms with Gasteiger partial charge in [-0.3, -0.25) is 4.79 Å². The molecule has 128 valence electrons. The standard InChI is InChI=1S/C18H19F3N2O/c19-18(20,21)15-8-4-5-9-16(15)22-13-11-17(24)23-12-10-14-6-2-1-3-7-14/h1-9,22H,10-13H2,(H,23,24). The molecule has 0 aliphatic rings.